The van der Waals surface area contributed by atoms with Gasteiger partial charge in [0.05, 0.1) is 18.1 Å². The van der Waals surface area contributed by atoms with Crippen LogP contribution in [0.25, 0.3) is 6.08 Å². The van der Waals surface area contributed by atoms with Gasteiger partial charge < -0.3 is 19.7 Å². The number of hydrogen-bond donors (Lipinski definition) is 1. The molecule has 0 spiro atoms. The van der Waals surface area contributed by atoms with Gasteiger partial charge in [0.2, 0.25) is 5.91 Å². The molecule has 10 heteroatoms. The number of hydrogen-bond acceptors (Lipinski definition) is 7. The zero-order valence-electron chi connectivity index (χ0n) is 19.2. The van der Waals surface area contributed by atoms with Gasteiger partial charge in [0, 0.05) is 18.8 Å². The van der Waals surface area contributed by atoms with Crippen LogP contribution in [-0.4, -0.2) is 72.2 Å². The number of rotatable bonds is 7. The average molecular weight is 496 g/mol. The van der Waals surface area contributed by atoms with Crippen molar-refractivity contribution in [1.82, 2.24) is 9.80 Å². The summed E-state index contributed by atoms with van der Waals surface area (Å²) >= 11 is 0.790. The Morgan fingerprint density at radius 1 is 1.11 bits per heavy atom. The Morgan fingerprint density at radius 2 is 1.89 bits per heavy atom. The predicted molar refractivity (Wildman–Crippen MR) is 132 cm³/mol. The lowest BCUT2D eigenvalue weighted by molar-refractivity contribution is -0.139. The van der Waals surface area contributed by atoms with Crippen molar-refractivity contribution in [2.24, 2.45) is 0 Å². The molecule has 0 atom stereocenters. The number of carbonyl (C=O) groups excluding carboxylic acids is 4. The first-order chi connectivity index (χ1) is 16.9. The van der Waals surface area contributed by atoms with E-state index in [4.69, 9.17) is 9.47 Å². The van der Waals surface area contributed by atoms with Gasteiger partial charge in [0.1, 0.15) is 12.3 Å². The van der Waals surface area contributed by atoms with Crippen molar-refractivity contribution in [1.29, 1.82) is 0 Å². The van der Waals surface area contributed by atoms with Crippen LogP contribution in [0.1, 0.15) is 11.1 Å². The number of aryl methyl sites for hydroxylation is 1. The molecule has 4 rings (SSSR count). The van der Waals surface area contributed by atoms with Gasteiger partial charge in [0.15, 0.2) is 6.61 Å². The summed E-state index contributed by atoms with van der Waals surface area (Å²) in [5.74, 6) is -0.645. The second-order valence-electron chi connectivity index (χ2n) is 8.04. The lowest BCUT2D eigenvalue weighted by Gasteiger charge is -2.28. The Bertz CT molecular complexity index is 1180. The van der Waals surface area contributed by atoms with Crippen molar-refractivity contribution in [2.45, 2.75) is 6.92 Å². The molecule has 0 bridgehead atoms. The van der Waals surface area contributed by atoms with Crippen molar-refractivity contribution in [3.8, 4) is 5.75 Å². The summed E-state index contributed by atoms with van der Waals surface area (Å²) in [7, 11) is 0. The molecule has 2 fully saturated rings. The summed E-state index contributed by atoms with van der Waals surface area (Å²) in [6, 6.07) is 14.3. The summed E-state index contributed by atoms with van der Waals surface area (Å²) in [5, 5.41) is 2.29. The van der Waals surface area contributed by atoms with Gasteiger partial charge in [-0.1, -0.05) is 24.3 Å². The lowest BCUT2D eigenvalue weighted by Crippen LogP contribution is -2.46. The zero-order chi connectivity index (χ0) is 24.8. The molecule has 2 saturated heterocycles. The third-order valence-electron chi connectivity index (χ3n) is 5.36. The van der Waals surface area contributed by atoms with Crippen LogP contribution in [-0.2, 0) is 19.1 Å². The maximum Gasteiger partial charge on any atom is 0.294 e. The molecule has 0 unspecified atom stereocenters. The topological polar surface area (TPSA) is 105 Å². The Kier molecular flexibility index (Phi) is 7.84. The fraction of sp³-hybridized carbons (Fsp3) is 0.280. The number of ether oxygens (including phenoxy) is 2. The van der Waals surface area contributed by atoms with E-state index in [0.717, 1.165) is 22.2 Å². The quantitative estimate of drug-likeness (QED) is 0.589. The first-order valence-corrected chi connectivity index (χ1v) is 11.9. The summed E-state index contributed by atoms with van der Waals surface area (Å²) in [4.78, 5) is 52.6. The molecule has 182 valence electrons. The monoisotopic (exact) mass is 495 g/mol. The normalized spacial score (nSPS) is 17.1. The van der Waals surface area contributed by atoms with E-state index in [1.54, 1.807) is 41.3 Å². The Labute approximate surface area is 207 Å². The molecule has 9 nitrogen and oxygen atoms in total. The van der Waals surface area contributed by atoms with Crippen LogP contribution < -0.4 is 10.1 Å². The summed E-state index contributed by atoms with van der Waals surface area (Å²) < 4.78 is 10.8. The minimum Gasteiger partial charge on any atom is -0.484 e. The van der Waals surface area contributed by atoms with E-state index in [-0.39, 0.29) is 29.9 Å². The van der Waals surface area contributed by atoms with Gasteiger partial charge >= 0.3 is 0 Å². The molecule has 1 N–H and O–H groups in total. The number of benzene rings is 2. The van der Waals surface area contributed by atoms with E-state index in [0.29, 0.717) is 43.3 Å². The fourth-order valence-corrected chi connectivity index (χ4v) is 4.44. The molecular weight excluding hydrogens is 470 g/mol. The van der Waals surface area contributed by atoms with Crippen LogP contribution in [0.15, 0.2) is 53.4 Å². The molecular formula is C25H25N3O6S. The van der Waals surface area contributed by atoms with Crippen LogP contribution >= 0.6 is 11.8 Å². The van der Waals surface area contributed by atoms with Gasteiger partial charge in [-0.15, -0.1) is 0 Å². The number of nitrogens with zero attached hydrogens (tertiary/aromatic N) is 2. The smallest absolute Gasteiger partial charge is 0.294 e. The molecule has 2 aliphatic heterocycles. The number of amides is 4. The van der Waals surface area contributed by atoms with Crippen molar-refractivity contribution in [2.75, 3.05) is 44.8 Å². The van der Waals surface area contributed by atoms with Gasteiger partial charge in [-0.3, -0.25) is 24.1 Å². The number of imide groups is 1. The molecule has 4 amide bonds. The molecule has 2 aromatic rings. The average Bonchev–Trinajstić information content (AvgIpc) is 3.11. The van der Waals surface area contributed by atoms with Crippen molar-refractivity contribution >= 4 is 46.5 Å². The standard InChI is InChI=1S/C25H25N3O6S/c1-17-4-2-6-19(12-17)26-22(29)16-34-20-7-3-5-18(13-20)14-21-24(31)28(25(32)35-21)15-23(30)27-8-10-33-11-9-27/h2-7,12-14H,8-11,15-16H2,1H3,(H,26,29)/b21-14-. The van der Waals surface area contributed by atoms with E-state index in [9.17, 15) is 19.2 Å². The molecule has 2 aliphatic rings. The fourth-order valence-electron chi connectivity index (χ4n) is 3.60. The van der Waals surface area contributed by atoms with Gasteiger partial charge in [-0.25, -0.2) is 0 Å². The lowest BCUT2D eigenvalue weighted by atomic mass is 10.2. The van der Waals surface area contributed by atoms with Crippen LogP contribution in [0, 0.1) is 6.92 Å². The van der Waals surface area contributed by atoms with Crippen LogP contribution in [0.3, 0.4) is 0 Å². The van der Waals surface area contributed by atoms with Gasteiger partial charge in [-0.05, 0) is 60.2 Å². The number of thioether (sulfide) groups is 1. The zero-order valence-corrected chi connectivity index (χ0v) is 20.0. The largest absolute Gasteiger partial charge is 0.484 e. The second-order valence-corrected chi connectivity index (χ2v) is 9.03. The summed E-state index contributed by atoms with van der Waals surface area (Å²) in [6.45, 7) is 3.24. The molecule has 0 aliphatic carbocycles. The molecule has 0 saturated carbocycles. The first kappa shape index (κ1) is 24.5. The Morgan fingerprint density at radius 3 is 2.66 bits per heavy atom. The molecule has 2 aromatic carbocycles. The highest BCUT2D eigenvalue weighted by Gasteiger charge is 2.37. The van der Waals surface area contributed by atoms with E-state index in [2.05, 4.69) is 5.32 Å². The van der Waals surface area contributed by atoms with E-state index in [1.807, 2.05) is 25.1 Å². The Balaban J connectivity index is 1.35. The van der Waals surface area contributed by atoms with Gasteiger partial charge in [-0.2, -0.15) is 0 Å². The van der Waals surface area contributed by atoms with E-state index < -0.39 is 11.1 Å². The molecule has 35 heavy (non-hydrogen) atoms. The van der Waals surface area contributed by atoms with E-state index in [1.165, 1.54) is 0 Å². The minimum atomic E-state index is -0.509. The molecule has 2 heterocycles. The number of anilines is 1. The molecule has 0 aromatic heterocycles. The maximum absolute atomic E-state index is 12.8. The van der Waals surface area contributed by atoms with Crippen molar-refractivity contribution in [3.63, 3.8) is 0 Å². The predicted octanol–water partition coefficient (Wildman–Crippen LogP) is 2.91. The minimum absolute atomic E-state index is 0.183. The highest BCUT2D eigenvalue weighted by atomic mass is 32.2. The van der Waals surface area contributed by atoms with Crippen LogP contribution in [0.4, 0.5) is 10.5 Å². The molecule has 0 radical (unpaired) electrons. The first-order valence-electron chi connectivity index (χ1n) is 11.1. The van der Waals surface area contributed by atoms with Gasteiger partial charge in [0.25, 0.3) is 17.1 Å². The maximum atomic E-state index is 12.8. The van der Waals surface area contributed by atoms with Crippen molar-refractivity contribution in [3.05, 3.63) is 64.6 Å². The third kappa shape index (κ3) is 6.49. The second kappa shape index (κ2) is 11.2. The number of carbonyl (C=O) groups is 4. The highest BCUT2D eigenvalue weighted by Crippen LogP contribution is 2.32. The summed E-state index contributed by atoms with van der Waals surface area (Å²) in [6.07, 6.45) is 1.57. The summed E-state index contributed by atoms with van der Waals surface area (Å²) in [5.41, 5.74) is 2.35. The van der Waals surface area contributed by atoms with Crippen LogP contribution in [0.2, 0.25) is 0 Å². The SMILES string of the molecule is Cc1cccc(NC(=O)COc2cccc(/C=C3\SC(=O)N(CC(=O)N4CCOCC4)C3=O)c2)c1. The third-order valence-corrected chi connectivity index (χ3v) is 6.27. The number of morpholine rings is 1. The van der Waals surface area contributed by atoms with Crippen LogP contribution in [0.5, 0.6) is 5.75 Å². The highest BCUT2D eigenvalue weighted by molar-refractivity contribution is 8.18. The Hall–Kier alpha value is -3.63. The number of nitrogens with one attached hydrogen (secondary N) is 1. The van der Waals surface area contributed by atoms with E-state index >= 15 is 0 Å². The van der Waals surface area contributed by atoms with Crippen molar-refractivity contribution < 1.29 is 28.7 Å².